The number of nitrogens with zero attached hydrogens (tertiary/aromatic N) is 3. The third kappa shape index (κ3) is 5.01. The Balaban J connectivity index is 1.42. The maximum Gasteiger partial charge on any atom is 0.329 e. The van der Waals surface area contributed by atoms with Gasteiger partial charge in [0.05, 0.1) is 16.6 Å². The lowest BCUT2D eigenvalue weighted by Gasteiger charge is -2.09. The van der Waals surface area contributed by atoms with Gasteiger partial charge in [0.15, 0.2) is 0 Å². The number of carbonyl (C=O) groups excluding carboxylic acids is 2. The number of aromatic nitrogens is 3. The lowest BCUT2D eigenvalue weighted by Crippen LogP contribution is -2.26. The summed E-state index contributed by atoms with van der Waals surface area (Å²) in [6.07, 6.45) is 4.08. The highest BCUT2D eigenvalue weighted by Crippen LogP contribution is 2.17. The molecule has 0 spiro atoms. The molecule has 4 rings (SSSR count). The molecule has 2 heterocycles. The van der Waals surface area contributed by atoms with Crippen LogP contribution in [-0.4, -0.2) is 25.9 Å². The molecule has 2 aromatic carbocycles. The first-order chi connectivity index (χ1) is 16.1. The number of rotatable bonds is 8. The standard InChI is InChI=1S/C25H25N5O3/c1-2-14-29-21-10-3-4-11-22(21)30(25(29)33)15-12-23(31)27-19-8-5-9-20(16-19)28-24(32)18-7-6-13-26-17-18/h3-11,13,16-17H,2,12,14-15H2,1H3,(H,27,31)(H,28,32). The molecule has 0 saturated carbocycles. The highest BCUT2D eigenvalue weighted by molar-refractivity contribution is 6.04. The highest BCUT2D eigenvalue weighted by Gasteiger charge is 2.14. The van der Waals surface area contributed by atoms with Crippen LogP contribution in [0.15, 0.2) is 77.9 Å². The van der Waals surface area contributed by atoms with Gasteiger partial charge >= 0.3 is 5.69 Å². The SMILES string of the molecule is CCCn1c(=O)n(CCC(=O)Nc2cccc(NC(=O)c3cccnc3)c2)c2ccccc21. The van der Waals surface area contributed by atoms with Gasteiger partial charge in [-0.15, -0.1) is 0 Å². The molecule has 0 aliphatic heterocycles. The van der Waals surface area contributed by atoms with Crippen LogP contribution < -0.4 is 16.3 Å². The van der Waals surface area contributed by atoms with Gasteiger partial charge in [-0.25, -0.2) is 4.79 Å². The van der Waals surface area contributed by atoms with Gasteiger partial charge in [0, 0.05) is 43.3 Å². The van der Waals surface area contributed by atoms with Crippen LogP contribution in [0.3, 0.4) is 0 Å². The van der Waals surface area contributed by atoms with E-state index in [9.17, 15) is 14.4 Å². The summed E-state index contributed by atoms with van der Waals surface area (Å²) in [7, 11) is 0. The van der Waals surface area contributed by atoms with Crippen LogP contribution >= 0.6 is 0 Å². The number of pyridine rings is 1. The summed E-state index contributed by atoms with van der Waals surface area (Å²) in [6.45, 7) is 2.94. The monoisotopic (exact) mass is 443 g/mol. The van der Waals surface area contributed by atoms with Gasteiger partial charge in [-0.1, -0.05) is 25.1 Å². The van der Waals surface area contributed by atoms with Crippen LogP contribution in [0.1, 0.15) is 30.1 Å². The Morgan fingerprint density at radius 3 is 2.24 bits per heavy atom. The lowest BCUT2D eigenvalue weighted by atomic mass is 10.2. The van der Waals surface area contributed by atoms with Crippen molar-refractivity contribution in [3.63, 3.8) is 0 Å². The number of fused-ring (bicyclic) bond motifs is 1. The van der Waals surface area contributed by atoms with Gasteiger partial charge in [-0.3, -0.25) is 23.7 Å². The van der Waals surface area contributed by atoms with Crippen LogP contribution in [0.2, 0.25) is 0 Å². The Labute approximate surface area is 190 Å². The smallest absolute Gasteiger partial charge is 0.326 e. The number of carbonyl (C=O) groups is 2. The second-order valence-corrected chi connectivity index (χ2v) is 7.65. The van der Waals surface area contributed by atoms with Crippen LogP contribution in [0.25, 0.3) is 11.0 Å². The van der Waals surface area contributed by atoms with Gasteiger partial charge < -0.3 is 10.6 Å². The molecule has 0 atom stereocenters. The quantitative estimate of drug-likeness (QED) is 0.432. The predicted octanol–water partition coefficient (Wildman–Crippen LogP) is 3.89. The summed E-state index contributed by atoms with van der Waals surface area (Å²) in [5.74, 6) is -0.501. The first kappa shape index (κ1) is 22.0. The molecular weight excluding hydrogens is 418 g/mol. The van der Waals surface area contributed by atoms with Gasteiger partial charge in [-0.2, -0.15) is 0 Å². The molecule has 4 aromatic rings. The Hall–Kier alpha value is -4.20. The molecule has 0 aliphatic rings. The van der Waals surface area contributed by atoms with Crippen LogP contribution in [0.4, 0.5) is 11.4 Å². The topological polar surface area (TPSA) is 98.0 Å². The molecule has 0 fully saturated rings. The zero-order valence-electron chi connectivity index (χ0n) is 18.3. The van der Waals surface area contributed by atoms with E-state index < -0.39 is 0 Å². The fraction of sp³-hybridized carbons (Fsp3) is 0.200. The molecule has 2 N–H and O–H groups in total. The summed E-state index contributed by atoms with van der Waals surface area (Å²) in [5, 5.41) is 5.63. The van der Waals surface area contributed by atoms with Crippen LogP contribution in [-0.2, 0) is 17.9 Å². The highest BCUT2D eigenvalue weighted by atomic mass is 16.2. The Kier molecular flexibility index (Phi) is 6.64. The van der Waals surface area contributed by atoms with Crippen molar-refractivity contribution in [2.75, 3.05) is 10.6 Å². The van der Waals surface area contributed by atoms with E-state index >= 15 is 0 Å². The van der Waals surface area contributed by atoms with Gasteiger partial charge in [0.2, 0.25) is 5.91 Å². The number of benzene rings is 2. The molecule has 0 saturated heterocycles. The third-order valence-electron chi connectivity index (χ3n) is 5.26. The number of imidazole rings is 1. The van der Waals surface area contributed by atoms with E-state index in [1.807, 2.05) is 31.2 Å². The molecule has 33 heavy (non-hydrogen) atoms. The average Bonchev–Trinajstić information content (AvgIpc) is 3.09. The molecule has 0 bridgehead atoms. The van der Waals surface area contributed by atoms with E-state index in [1.54, 1.807) is 51.7 Å². The summed E-state index contributed by atoms with van der Waals surface area (Å²) in [4.78, 5) is 41.7. The van der Waals surface area contributed by atoms with Crippen LogP contribution in [0.5, 0.6) is 0 Å². The molecule has 0 aliphatic carbocycles. The van der Waals surface area contributed by atoms with Crippen molar-refractivity contribution in [1.82, 2.24) is 14.1 Å². The Bertz CT molecular complexity index is 1340. The summed E-state index contributed by atoms with van der Waals surface area (Å²) in [6, 6.07) is 17.9. The van der Waals surface area contributed by atoms with E-state index in [0.717, 1.165) is 17.5 Å². The van der Waals surface area contributed by atoms with E-state index in [-0.39, 0.29) is 30.5 Å². The number of amides is 2. The summed E-state index contributed by atoms with van der Waals surface area (Å²) < 4.78 is 3.40. The largest absolute Gasteiger partial charge is 0.329 e. The van der Waals surface area contributed by atoms with Crippen molar-refractivity contribution in [2.24, 2.45) is 0 Å². The first-order valence-corrected chi connectivity index (χ1v) is 10.9. The summed E-state index contributed by atoms with van der Waals surface area (Å²) >= 11 is 0. The zero-order chi connectivity index (χ0) is 23.2. The first-order valence-electron chi connectivity index (χ1n) is 10.9. The molecule has 8 nitrogen and oxygen atoms in total. The predicted molar refractivity (Wildman–Crippen MR) is 128 cm³/mol. The molecule has 0 unspecified atom stereocenters. The lowest BCUT2D eigenvalue weighted by molar-refractivity contribution is -0.116. The van der Waals surface area contributed by atoms with Crippen LogP contribution in [0, 0.1) is 0 Å². The van der Waals surface area contributed by atoms with E-state index in [1.165, 1.54) is 6.20 Å². The fourth-order valence-electron chi connectivity index (χ4n) is 3.74. The average molecular weight is 444 g/mol. The number of anilines is 2. The second-order valence-electron chi connectivity index (χ2n) is 7.65. The Morgan fingerprint density at radius 2 is 1.58 bits per heavy atom. The van der Waals surface area contributed by atoms with Gasteiger partial charge in [0.25, 0.3) is 5.91 Å². The number of aryl methyl sites for hydroxylation is 2. The van der Waals surface area contributed by atoms with Crippen molar-refractivity contribution in [3.05, 3.63) is 89.1 Å². The minimum atomic E-state index is -0.283. The van der Waals surface area contributed by atoms with E-state index in [2.05, 4.69) is 15.6 Å². The number of hydrogen-bond acceptors (Lipinski definition) is 4. The normalized spacial score (nSPS) is 10.8. The molecule has 2 amide bonds. The van der Waals surface area contributed by atoms with Crippen molar-refractivity contribution in [3.8, 4) is 0 Å². The number of nitrogens with one attached hydrogen (secondary N) is 2. The number of para-hydroxylation sites is 2. The van der Waals surface area contributed by atoms with E-state index in [0.29, 0.717) is 23.5 Å². The second kappa shape index (κ2) is 9.95. The minimum absolute atomic E-state index is 0.106. The minimum Gasteiger partial charge on any atom is -0.326 e. The number of hydrogen-bond donors (Lipinski definition) is 2. The molecule has 2 aromatic heterocycles. The maximum atomic E-state index is 12.9. The van der Waals surface area contributed by atoms with E-state index in [4.69, 9.17) is 0 Å². The van der Waals surface area contributed by atoms with Crippen molar-refractivity contribution in [2.45, 2.75) is 32.9 Å². The summed E-state index contributed by atoms with van der Waals surface area (Å²) in [5.41, 5.74) is 3.15. The molecule has 0 radical (unpaired) electrons. The van der Waals surface area contributed by atoms with Gasteiger partial charge in [-0.05, 0) is 48.9 Å². The van der Waals surface area contributed by atoms with Crippen molar-refractivity contribution < 1.29 is 9.59 Å². The molecule has 8 heteroatoms. The maximum absolute atomic E-state index is 12.9. The molecular formula is C25H25N5O3. The van der Waals surface area contributed by atoms with Crippen molar-refractivity contribution in [1.29, 1.82) is 0 Å². The molecule has 168 valence electrons. The van der Waals surface area contributed by atoms with Gasteiger partial charge in [0.1, 0.15) is 0 Å². The zero-order valence-corrected chi connectivity index (χ0v) is 18.3. The van der Waals surface area contributed by atoms with Crippen molar-refractivity contribution >= 4 is 34.2 Å². The third-order valence-corrected chi connectivity index (χ3v) is 5.26. The fourth-order valence-corrected chi connectivity index (χ4v) is 3.74. The Morgan fingerprint density at radius 1 is 0.879 bits per heavy atom.